The highest BCUT2D eigenvalue weighted by molar-refractivity contribution is 8.13. The van der Waals surface area contributed by atoms with Gasteiger partial charge in [0.25, 0.3) is 11.8 Å². The fraction of sp³-hybridized carbons (Fsp3) is 0.174. The summed E-state index contributed by atoms with van der Waals surface area (Å²) in [5, 5.41) is 10.9. The third kappa shape index (κ3) is 3.58. The van der Waals surface area contributed by atoms with Crippen molar-refractivity contribution in [2.24, 2.45) is 0 Å². The van der Waals surface area contributed by atoms with Crippen molar-refractivity contribution >= 4 is 39.5 Å². The summed E-state index contributed by atoms with van der Waals surface area (Å²) in [6, 6.07) is 16.2. The third-order valence-electron chi connectivity index (χ3n) is 4.95. The second-order valence-corrected chi connectivity index (χ2v) is 8.01. The molecule has 2 aromatic carbocycles. The van der Waals surface area contributed by atoms with Crippen LogP contribution in [-0.2, 0) is 4.79 Å². The summed E-state index contributed by atoms with van der Waals surface area (Å²) in [5.41, 5.74) is 2.09. The van der Waals surface area contributed by atoms with Crippen molar-refractivity contribution < 1.29 is 14.4 Å². The number of hydrogen-bond acceptors (Lipinski definition) is 6. The lowest BCUT2D eigenvalue weighted by Crippen LogP contribution is -2.40. The summed E-state index contributed by atoms with van der Waals surface area (Å²) in [4.78, 5) is 43.6. The Balaban J connectivity index is 1.44. The van der Waals surface area contributed by atoms with E-state index in [-0.39, 0.29) is 29.9 Å². The Bertz CT molecular complexity index is 1200. The molecular formula is C23H17N3O3S. The number of amides is 2. The molecule has 0 N–H and O–H groups in total. The minimum absolute atomic E-state index is 0.154. The van der Waals surface area contributed by atoms with E-state index in [2.05, 4.69) is 4.98 Å². The van der Waals surface area contributed by atoms with Crippen LogP contribution in [0.4, 0.5) is 0 Å². The number of aromatic nitrogens is 1. The SMILES string of the molecule is Cc1ccc(C#N)c(SC(=O)CCCN2C(=O)c3cccc4cccc(c34)C2=O)n1. The van der Waals surface area contributed by atoms with Gasteiger partial charge in [0.05, 0.1) is 5.56 Å². The van der Waals surface area contributed by atoms with E-state index in [1.54, 1.807) is 43.3 Å². The molecule has 2 heterocycles. The lowest BCUT2D eigenvalue weighted by molar-refractivity contribution is -0.111. The Labute approximate surface area is 177 Å². The van der Waals surface area contributed by atoms with Gasteiger partial charge in [-0.15, -0.1) is 0 Å². The van der Waals surface area contributed by atoms with Crippen LogP contribution >= 0.6 is 11.8 Å². The Morgan fingerprint density at radius 3 is 2.37 bits per heavy atom. The van der Waals surface area contributed by atoms with Crippen molar-refractivity contribution in [3.05, 3.63) is 70.9 Å². The van der Waals surface area contributed by atoms with Gasteiger partial charge >= 0.3 is 0 Å². The summed E-state index contributed by atoms with van der Waals surface area (Å²) < 4.78 is 0. The Morgan fingerprint density at radius 1 is 1.07 bits per heavy atom. The van der Waals surface area contributed by atoms with E-state index in [0.29, 0.717) is 33.5 Å². The molecule has 0 saturated heterocycles. The smallest absolute Gasteiger partial charge is 0.261 e. The number of imide groups is 1. The molecule has 1 aliphatic heterocycles. The van der Waals surface area contributed by atoms with Gasteiger partial charge in [-0.2, -0.15) is 5.26 Å². The summed E-state index contributed by atoms with van der Waals surface area (Å²) in [5.74, 6) is -0.673. The number of nitriles is 1. The number of carbonyl (C=O) groups is 3. The van der Waals surface area contributed by atoms with Crippen LogP contribution in [0.25, 0.3) is 10.8 Å². The summed E-state index contributed by atoms with van der Waals surface area (Å²) in [6.07, 6.45) is 0.503. The lowest BCUT2D eigenvalue weighted by Gasteiger charge is -2.27. The van der Waals surface area contributed by atoms with E-state index in [9.17, 15) is 19.6 Å². The van der Waals surface area contributed by atoms with Gasteiger partial charge in [0.2, 0.25) is 0 Å². The minimum atomic E-state index is -0.337. The number of thioether (sulfide) groups is 1. The Kier molecular flexibility index (Phi) is 5.34. The first kappa shape index (κ1) is 19.8. The molecule has 6 nitrogen and oxygen atoms in total. The number of rotatable bonds is 5. The predicted molar refractivity (Wildman–Crippen MR) is 113 cm³/mol. The molecule has 7 heteroatoms. The molecule has 0 unspecified atom stereocenters. The first-order valence-corrected chi connectivity index (χ1v) is 10.3. The molecule has 0 spiro atoms. The Morgan fingerprint density at radius 2 is 1.73 bits per heavy atom. The number of pyridine rings is 1. The van der Waals surface area contributed by atoms with Crippen molar-refractivity contribution in [1.82, 2.24) is 9.88 Å². The predicted octanol–water partition coefficient (Wildman–Crippen LogP) is 4.11. The maximum Gasteiger partial charge on any atom is 0.261 e. The fourth-order valence-electron chi connectivity index (χ4n) is 3.52. The molecule has 1 aliphatic rings. The number of aryl methyl sites for hydroxylation is 1. The van der Waals surface area contributed by atoms with Crippen LogP contribution in [0.15, 0.2) is 53.6 Å². The van der Waals surface area contributed by atoms with E-state index in [1.807, 2.05) is 18.2 Å². The van der Waals surface area contributed by atoms with E-state index in [4.69, 9.17) is 0 Å². The highest BCUT2D eigenvalue weighted by Gasteiger charge is 2.32. The molecule has 0 radical (unpaired) electrons. The zero-order valence-corrected chi connectivity index (χ0v) is 17.0. The molecule has 0 fully saturated rings. The van der Waals surface area contributed by atoms with Crippen LogP contribution in [0.3, 0.4) is 0 Å². The van der Waals surface area contributed by atoms with Gasteiger partial charge in [-0.25, -0.2) is 4.98 Å². The molecule has 0 aliphatic carbocycles. The number of carbonyl (C=O) groups excluding carboxylic acids is 3. The molecule has 2 amide bonds. The molecule has 148 valence electrons. The average Bonchev–Trinajstić information content (AvgIpc) is 2.74. The van der Waals surface area contributed by atoms with Crippen LogP contribution in [0, 0.1) is 18.3 Å². The molecule has 4 rings (SSSR count). The van der Waals surface area contributed by atoms with E-state index in [0.717, 1.165) is 22.8 Å². The van der Waals surface area contributed by atoms with Crippen LogP contribution < -0.4 is 0 Å². The molecular weight excluding hydrogens is 398 g/mol. The largest absolute Gasteiger partial charge is 0.287 e. The number of benzene rings is 2. The normalized spacial score (nSPS) is 12.9. The maximum absolute atomic E-state index is 12.9. The van der Waals surface area contributed by atoms with Gasteiger partial charge in [-0.1, -0.05) is 24.3 Å². The molecule has 0 bridgehead atoms. The second kappa shape index (κ2) is 8.09. The quantitative estimate of drug-likeness (QED) is 0.460. The van der Waals surface area contributed by atoms with Gasteiger partial charge in [0, 0.05) is 35.2 Å². The van der Waals surface area contributed by atoms with E-state index < -0.39 is 0 Å². The van der Waals surface area contributed by atoms with Crippen LogP contribution in [0.1, 0.15) is 44.8 Å². The summed E-state index contributed by atoms with van der Waals surface area (Å²) in [6.45, 7) is 1.95. The van der Waals surface area contributed by atoms with Crippen molar-refractivity contribution in [3.8, 4) is 6.07 Å². The van der Waals surface area contributed by atoms with Crippen molar-refractivity contribution in [2.75, 3.05) is 6.54 Å². The monoisotopic (exact) mass is 415 g/mol. The molecule has 1 aromatic heterocycles. The van der Waals surface area contributed by atoms with Gasteiger partial charge in [0.1, 0.15) is 11.1 Å². The first-order chi connectivity index (χ1) is 14.5. The number of nitrogens with zero attached hydrogens (tertiary/aromatic N) is 3. The summed E-state index contributed by atoms with van der Waals surface area (Å²) >= 11 is 0.920. The first-order valence-electron chi connectivity index (χ1n) is 9.46. The molecule has 30 heavy (non-hydrogen) atoms. The van der Waals surface area contributed by atoms with Crippen LogP contribution in [0.2, 0.25) is 0 Å². The molecule has 3 aromatic rings. The topological polar surface area (TPSA) is 91.1 Å². The van der Waals surface area contributed by atoms with Crippen LogP contribution in [0.5, 0.6) is 0 Å². The number of hydrogen-bond donors (Lipinski definition) is 0. The van der Waals surface area contributed by atoms with Crippen molar-refractivity contribution in [1.29, 1.82) is 5.26 Å². The van der Waals surface area contributed by atoms with Crippen molar-refractivity contribution in [2.45, 2.75) is 24.8 Å². The molecule has 0 saturated carbocycles. The average molecular weight is 415 g/mol. The third-order valence-corrected chi connectivity index (χ3v) is 5.89. The second-order valence-electron chi connectivity index (χ2n) is 6.97. The van der Waals surface area contributed by atoms with Gasteiger partial charge in [-0.3, -0.25) is 19.3 Å². The lowest BCUT2D eigenvalue weighted by atomic mass is 9.94. The van der Waals surface area contributed by atoms with Gasteiger partial charge in [-0.05, 0) is 54.8 Å². The fourth-order valence-corrected chi connectivity index (χ4v) is 4.40. The van der Waals surface area contributed by atoms with Gasteiger partial charge in [0.15, 0.2) is 5.12 Å². The Hall–Kier alpha value is -3.50. The zero-order chi connectivity index (χ0) is 21.3. The highest BCUT2D eigenvalue weighted by Crippen LogP contribution is 2.30. The maximum atomic E-state index is 12.9. The minimum Gasteiger partial charge on any atom is -0.287 e. The van der Waals surface area contributed by atoms with E-state index in [1.165, 1.54) is 4.90 Å². The van der Waals surface area contributed by atoms with Crippen LogP contribution in [-0.4, -0.2) is 33.4 Å². The standard InChI is InChI=1S/C23H17N3O3S/c1-14-10-11-16(13-24)21(25-14)30-19(27)9-4-12-26-22(28)17-7-2-5-15-6-3-8-18(20(15)17)23(26)29/h2-3,5-8,10-11H,4,9,12H2,1H3. The summed E-state index contributed by atoms with van der Waals surface area (Å²) in [7, 11) is 0. The van der Waals surface area contributed by atoms with Gasteiger partial charge < -0.3 is 0 Å². The van der Waals surface area contributed by atoms with E-state index >= 15 is 0 Å². The molecule has 0 atom stereocenters. The highest BCUT2D eigenvalue weighted by atomic mass is 32.2. The van der Waals surface area contributed by atoms with Crippen molar-refractivity contribution in [3.63, 3.8) is 0 Å². The zero-order valence-electron chi connectivity index (χ0n) is 16.2.